The number of hydrogen-bond acceptors (Lipinski definition) is 4. The van der Waals surface area contributed by atoms with E-state index in [0.29, 0.717) is 18.7 Å². The quantitative estimate of drug-likeness (QED) is 0.859. The van der Waals surface area contributed by atoms with Gasteiger partial charge in [0.2, 0.25) is 5.91 Å². The van der Waals surface area contributed by atoms with Crippen LogP contribution in [0.25, 0.3) is 0 Å². The first-order valence-electron chi connectivity index (χ1n) is 8.62. The van der Waals surface area contributed by atoms with E-state index in [1.165, 1.54) is 0 Å². The van der Waals surface area contributed by atoms with E-state index in [1.807, 2.05) is 22.8 Å². The molecule has 6 heteroatoms. The molecular formula is C19H20N4O2. The average Bonchev–Trinajstić information content (AvgIpc) is 2.97. The molecule has 0 radical (unpaired) electrons. The molecule has 0 bridgehead atoms. The summed E-state index contributed by atoms with van der Waals surface area (Å²) in [5.41, 5.74) is 2.77. The average molecular weight is 336 g/mol. The van der Waals surface area contributed by atoms with E-state index in [1.54, 1.807) is 24.3 Å². The van der Waals surface area contributed by atoms with Crippen molar-refractivity contribution in [3.8, 4) is 11.8 Å². The van der Waals surface area contributed by atoms with Crippen LogP contribution in [0.5, 0.6) is 5.75 Å². The number of likely N-dealkylation sites (tertiary alicyclic amines) is 1. The molecule has 1 fully saturated rings. The number of hydrogen-bond donors (Lipinski definition) is 0. The minimum atomic E-state index is -0.0617. The van der Waals surface area contributed by atoms with Crippen LogP contribution >= 0.6 is 0 Å². The summed E-state index contributed by atoms with van der Waals surface area (Å²) in [7, 11) is 1.91. The van der Waals surface area contributed by atoms with Gasteiger partial charge in [0.15, 0.2) is 0 Å². The molecule has 1 unspecified atom stereocenters. The highest BCUT2D eigenvalue weighted by molar-refractivity contribution is 5.85. The highest BCUT2D eigenvalue weighted by Crippen LogP contribution is 2.33. The summed E-state index contributed by atoms with van der Waals surface area (Å²) in [4.78, 5) is 14.7. The van der Waals surface area contributed by atoms with Gasteiger partial charge in [0.1, 0.15) is 11.9 Å². The Morgan fingerprint density at radius 1 is 1.32 bits per heavy atom. The number of nitrogens with zero attached hydrogens (tertiary/aromatic N) is 4. The van der Waals surface area contributed by atoms with Crippen molar-refractivity contribution in [1.82, 2.24) is 14.7 Å². The summed E-state index contributed by atoms with van der Waals surface area (Å²) in [6, 6.07) is 9.16. The molecule has 1 atom stereocenters. The first-order chi connectivity index (χ1) is 12.1. The molecule has 2 aliphatic rings. The molecule has 0 saturated carbocycles. The summed E-state index contributed by atoms with van der Waals surface area (Å²) < 4.78 is 7.68. The van der Waals surface area contributed by atoms with Crippen LogP contribution in [0.4, 0.5) is 0 Å². The van der Waals surface area contributed by atoms with Gasteiger partial charge in [-0.2, -0.15) is 10.4 Å². The molecule has 25 heavy (non-hydrogen) atoms. The third-order valence-corrected chi connectivity index (χ3v) is 4.96. The van der Waals surface area contributed by atoms with Crippen molar-refractivity contribution in [1.29, 1.82) is 5.26 Å². The van der Waals surface area contributed by atoms with Crippen LogP contribution in [0, 0.1) is 11.3 Å². The monoisotopic (exact) mass is 336 g/mol. The van der Waals surface area contributed by atoms with Crippen LogP contribution in [-0.2, 0) is 18.3 Å². The molecule has 0 N–H and O–H groups in total. The Hall–Kier alpha value is -2.81. The zero-order chi connectivity index (χ0) is 17.4. The zero-order valence-electron chi connectivity index (χ0n) is 14.2. The van der Waals surface area contributed by atoms with Crippen LogP contribution in [0.1, 0.15) is 35.6 Å². The van der Waals surface area contributed by atoms with Gasteiger partial charge in [-0.15, -0.1) is 0 Å². The Bertz CT molecular complexity index is 828. The van der Waals surface area contributed by atoms with Crippen molar-refractivity contribution >= 4 is 5.91 Å². The number of nitriles is 1. The van der Waals surface area contributed by atoms with Gasteiger partial charge < -0.3 is 9.64 Å². The first kappa shape index (κ1) is 15.7. The Morgan fingerprint density at radius 3 is 2.80 bits per heavy atom. The third-order valence-electron chi connectivity index (χ3n) is 4.96. The van der Waals surface area contributed by atoms with Crippen LogP contribution in [0.2, 0.25) is 0 Å². The SMILES string of the molecule is Cn1cc2c(n1)CCCC2C(=O)N1CC(Oc2ccc(C#N)cc2)C1. The molecule has 1 aromatic heterocycles. The number of aromatic nitrogens is 2. The van der Waals surface area contributed by atoms with Gasteiger partial charge >= 0.3 is 0 Å². The Balaban J connectivity index is 1.36. The lowest BCUT2D eigenvalue weighted by atomic mass is 9.85. The number of carbonyl (C=O) groups is 1. The topological polar surface area (TPSA) is 71.2 Å². The minimum Gasteiger partial charge on any atom is -0.487 e. The fourth-order valence-corrected chi connectivity index (χ4v) is 3.64. The number of carbonyl (C=O) groups excluding carboxylic acids is 1. The summed E-state index contributed by atoms with van der Waals surface area (Å²) in [5, 5.41) is 13.3. The van der Waals surface area contributed by atoms with Crippen molar-refractivity contribution in [2.75, 3.05) is 13.1 Å². The smallest absolute Gasteiger partial charge is 0.230 e. The van der Waals surface area contributed by atoms with Gasteiger partial charge in [-0.1, -0.05) is 0 Å². The summed E-state index contributed by atoms with van der Waals surface area (Å²) in [5.74, 6) is 0.866. The van der Waals surface area contributed by atoms with Crippen LogP contribution in [0.3, 0.4) is 0 Å². The molecule has 1 aliphatic carbocycles. The molecule has 2 aromatic rings. The molecule has 0 spiro atoms. The molecule has 1 amide bonds. The maximum atomic E-state index is 12.8. The Kier molecular flexibility index (Phi) is 3.92. The normalized spacial score (nSPS) is 19.7. The van der Waals surface area contributed by atoms with E-state index in [0.717, 1.165) is 36.3 Å². The van der Waals surface area contributed by atoms with E-state index < -0.39 is 0 Å². The van der Waals surface area contributed by atoms with E-state index in [9.17, 15) is 4.79 Å². The fourth-order valence-electron chi connectivity index (χ4n) is 3.64. The van der Waals surface area contributed by atoms with Gasteiger partial charge in [0.25, 0.3) is 0 Å². The minimum absolute atomic E-state index is 0.0221. The first-order valence-corrected chi connectivity index (χ1v) is 8.62. The highest BCUT2D eigenvalue weighted by Gasteiger charge is 2.38. The summed E-state index contributed by atoms with van der Waals surface area (Å²) in [6.45, 7) is 1.23. The van der Waals surface area contributed by atoms with Gasteiger partial charge in [-0.3, -0.25) is 9.48 Å². The lowest BCUT2D eigenvalue weighted by Gasteiger charge is -2.41. The summed E-state index contributed by atoms with van der Waals surface area (Å²) in [6.07, 6.45) is 4.88. The van der Waals surface area contributed by atoms with Crippen molar-refractivity contribution in [3.63, 3.8) is 0 Å². The number of ether oxygens (including phenoxy) is 1. The second-order valence-corrected chi connectivity index (χ2v) is 6.77. The number of amides is 1. The number of benzene rings is 1. The largest absolute Gasteiger partial charge is 0.487 e. The maximum absolute atomic E-state index is 12.8. The maximum Gasteiger partial charge on any atom is 0.230 e. The predicted molar refractivity (Wildman–Crippen MR) is 91.0 cm³/mol. The van der Waals surface area contributed by atoms with E-state index in [-0.39, 0.29) is 17.9 Å². The second kappa shape index (κ2) is 6.25. The second-order valence-electron chi connectivity index (χ2n) is 6.77. The lowest BCUT2D eigenvalue weighted by Crippen LogP contribution is -2.57. The van der Waals surface area contributed by atoms with Crippen molar-refractivity contribution in [3.05, 3.63) is 47.3 Å². The van der Waals surface area contributed by atoms with Crippen LogP contribution in [0.15, 0.2) is 30.5 Å². The lowest BCUT2D eigenvalue weighted by molar-refractivity contribution is -0.142. The molecule has 128 valence electrons. The Labute approximate surface area is 146 Å². The molecule has 1 saturated heterocycles. The zero-order valence-corrected chi connectivity index (χ0v) is 14.2. The molecule has 1 aliphatic heterocycles. The molecule has 1 aromatic carbocycles. The van der Waals surface area contributed by atoms with Gasteiger partial charge in [0.05, 0.1) is 36.3 Å². The molecule has 2 heterocycles. The molecule has 6 nitrogen and oxygen atoms in total. The number of rotatable bonds is 3. The number of fused-ring (bicyclic) bond motifs is 1. The van der Waals surface area contributed by atoms with Crippen molar-refractivity contribution < 1.29 is 9.53 Å². The molecule has 4 rings (SSSR count). The van der Waals surface area contributed by atoms with Crippen molar-refractivity contribution in [2.45, 2.75) is 31.3 Å². The van der Waals surface area contributed by atoms with Gasteiger partial charge in [0, 0.05) is 18.8 Å². The van der Waals surface area contributed by atoms with Crippen LogP contribution < -0.4 is 4.74 Å². The number of aryl methyl sites for hydroxylation is 2. The van der Waals surface area contributed by atoms with Crippen molar-refractivity contribution in [2.24, 2.45) is 7.05 Å². The van der Waals surface area contributed by atoms with E-state index in [2.05, 4.69) is 11.2 Å². The van der Waals surface area contributed by atoms with Gasteiger partial charge in [-0.05, 0) is 43.5 Å². The fraction of sp³-hybridized carbons (Fsp3) is 0.421. The summed E-state index contributed by atoms with van der Waals surface area (Å²) >= 11 is 0. The predicted octanol–water partition coefficient (Wildman–Crippen LogP) is 2.00. The highest BCUT2D eigenvalue weighted by atomic mass is 16.5. The Morgan fingerprint density at radius 2 is 2.08 bits per heavy atom. The van der Waals surface area contributed by atoms with Crippen LogP contribution in [-0.4, -0.2) is 39.8 Å². The standard InChI is InChI=1S/C19H20N4O2/c1-22-12-17-16(3-2-4-18(17)21-22)19(24)23-10-15(11-23)25-14-7-5-13(9-20)6-8-14/h5-8,12,15-16H,2-4,10-11H2,1H3. The molecular weight excluding hydrogens is 316 g/mol. The van der Waals surface area contributed by atoms with E-state index in [4.69, 9.17) is 10.00 Å². The van der Waals surface area contributed by atoms with Gasteiger partial charge in [-0.25, -0.2) is 0 Å². The third kappa shape index (κ3) is 2.98. The van der Waals surface area contributed by atoms with E-state index >= 15 is 0 Å².